The summed E-state index contributed by atoms with van der Waals surface area (Å²) in [6, 6.07) is 0. The van der Waals surface area contributed by atoms with Crippen LogP contribution in [-0.4, -0.2) is 41.1 Å². The Morgan fingerprint density at radius 3 is 1.93 bits per heavy atom. The largest absolute Gasteiger partial charge is 0.389 e. The molecule has 1 N–H and O–H groups in total. The lowest BCUT2D eigenvalue weighted by Gasteiger charge is -2.34. The molecule has 0 aromatic carbocycles. The molecule has 0 rings (SSSR count). The summed E-state index contributed by atoms with van der Waals surface area (Å²) in [5.74, 6) is 0.602. The van der Waals surface area contributed by atoms with Gasteiger partial charge >= 0.3 is 0 Å². The standard InChI is InChI=1S/C12H26BrNO/c1-11(2,3)10(7-13)8-14(6)9-12(4,5)15/h10,15H,7-9H2,1-6H3. The summed E-state index contributed by atoms with van der Waals surface area (Å²) in [5, 5.41) is 10.7. The van der Waals surface area contributed by atoms with Crippen LogP contribution in [0.25, 0.3) is 0 Å². The van der Waals surface area contributed by atoms with Gasteiger partial charge in [-0.25, -0.2) is 0 Å². The summed E-state index contributed by atoms with van der Waals surface area (Å²) in [5.41, 5.74) is -0.305. The van der Waals surface area contributed by atoms with Gasteiger partial charge in [0.2, 0.25) is 0 Å². The molecular formula is C12H26BrNO. The molecule has 3 heteroatoms. The van der Waals surface area contributed by atoms with Gasteiger partial charge in [0.1, 0.15) is 0 Å². The third-order valence-electron chi connectivity index (χ3n) is 2.60. The van der Waals surface area contributed by atoms with E-state index in [1.54, 1.807) is 0 Å². The highest BCUT2D eigenvalue weighted by Crippen LogP contribution is 2.28. The van der Waals surface area contributed by atoms with Gasteiger partial charge < -0.3 is 10.0 Å². The second kappa shape index (κ2) is 5.65. The first-order valence-electron chi connectivity index (χ1n) is 5.53. The van der Waals surface area contributed by atoms with Crippen molar-refractivity contribution >= 4 is 15.9 Å². The Kier molecular flexibility index (Phi) is 5.80. The van der Waals surface area contributed by atoms with E-state index >= 15 is 0 Å². The molecule has 2 nitrogen and oxygen atoms in total. The van der Waals surface area contributed by atoms with Crippen molar-refractivity contribution < 1.29 is 5.11 Å². The van der Waals surface area contributed by atoms with Gasteiger partial charge in [-0.1, -0.05) is 36.7 Å². The minimum absolute atomic E-state index is 0.303. The third-order valence-corrected chi connectivity index (χ3v) is 3.38. The summed E-state index contributed by atoms with van der Waals surface area (Å²) < 4.78 is 0. The van der Waals surface area contributed by atoms with Gasteiger partial charge in [-0.3, -0.25) is 0 Å². The fourth-order valence-electron chi connectivity index (χ4n) is 1.66. The van der Waals surface area contributed by atoms with Crippen molar-refractivity contribution in [1.29, 1.82) is 0 Å². The van der Waals surface area contributed by atoms with Gasteiger partial charge in [0.05, 0.1) is 5.60 Å². The first kappa shape index (κ1) is 15.4. The van der Waals surface area contributed by atoms with E-state index in [2.05, 4.69) is 48.6 Å². The highest BCUT2D eigenvalue weighted by molar-refractivity contribution is 9.09. The highest BCUT2D eigenvalue weighted by Gasteiger charge is 2.26. The molecule has 0 aromatic heterocycles. The van der Waals surface area contributed by atoms with Crippen LogP contribution in [0, 0.1) is 11.3 Å². The molecule has 1 unspecified atom stereocenters. The number of rotatable bonds is 5. The van der Waals surface area contributed by atoms with E-state index in [0.29, 0.717) is 17.9 Å². The average molecular weight is 280 g/mol. The summed E-state index contributed by atoms with van der Waals surface area (Å²) in [7, 11) is 2.07. The maximum Gasteiger partial charge on any atom is 0.0718 e. The Morgan fingerprint density at radius 2 is 1.67 bits per heavy atom. The molecule has 0 saturated carbocycles. The third kappa shape index (κ3) is 7.31. The van der Waals surface area contributed by atoms with Crippen LogP contribution < -0.4 is 0 Å². The predicted octanol–water partition coefficient (Wildman–Crippen LogP) is 2.75. The fraction of sp³-hybridized carbons (Fsp3) is 1.00. The normalized spacial score (nSPS) is 15.8. The van der Waals surface area contributed by atoms with Crippen LogP contribution in [0.5, 0.6) is 0 Å². The van der Waals surface area contributed by atoms with E-state index in [1.807, 2.05) is 13.8 Å². The Balaban J connectivity index is 4.20. The molecule has 0 aromatic rings. The van der Waals surface area contributed by atoms with E-state index in [0.717, 1.165) is 11.9 Å². The number of hydrogen-bond donors (Lipinski definition) is 1. The van der Waals surface area contributed by atoms with Crippen LogP contribution in [0.1, 0.15) is 34.6 Å². The number of alkyl halides is 1. The summed E-state index contributed by atoms with van der Waals surface area (Å²) in [6.45, 7) is 12.2. The zero-order chi connectivity index (χ0) is 12.3. The lowest BCUT2D eigenvalue weighted by molar-refractivity contribution is 0.0351. The van der Waals surface area contributed by atoms with Crippen LogP contribution >= 0.6 is 15.9 Å². The monoisotopic (exact) mass is 279 g/mol. The molecule has 0 aliphatic heterocycles. The minimum Gasteiger partial charge on any atom is -0.389 e. The van der Waals surface area contributed by atoms with Crippen molar-refractivity contribution in [2.24, 2.45) is 11.3 Å². The van der Waals surface area contributed by atoms with Gasteiger partial charge in [-0.15, -0.1) is 0 Å². The first-order valence-corrected chi connectivity index (χ1v) is 6.65. The van der Waals surface area contributed by atoms with Crippen molar-refractivity contribution in [1.82, 2.24) is 4.90 Å². The maximum absolute atomic E-state index is 9.72. The molecule has 0 heterocycles. The Bertz CT molecular complexity index is 181. The molecule has 0 spiro atoms. The number of nitrogens with zero attached hydrogens (tertiary/aromatic N) is 1. The van der Waals surface area contributed by atoms with Crippen molar-refractivity contribution in [3.63, 3.8) is 0 Å². The molecule has 0 aliphatic rings. The van der Waals surface area contributed by atoms with E-state index < -0.39 is 5.60 Å². The first-order chi connectivity index (χ1) is 6.56. The SMILES string of the molecule is CN(CC(CBr)C(C)(C)C)CC(C)(C)O. The summed E-state index contributed by atoms with van der Waals surface area (Å²) >= 11 is 3.57. The van der Waals surface area contributed by atoms with E-state index in [1.165, 1.54) is 0 Å². The van der Waals surface area contributed by atoms with Crippen molar-refractivity contribution in [2.75, 3.05) is 25.5 Å². The van der Waals surface area contributed by atoms with Crippen molar-refractivity contribution in [3.8, 4) is 0 Å². The maximum atomic E-state index is 9.72. The molecule has 1 atom stereocenters. The average Bonchev–Trinajstić information content (AvgIpc) is 1.94. The second-order valence-corrected chi connectivity index (χ2v) is 6.87. The van der Waals surface area contributed by atoms with Crippen molar-refractivity contribution in [2.45, 2.75) is 40.2 Å². The Morgan fingerprint density at radius 1 is 1.20 bits per heavy atom. The molecule has 0 fully saturated rings. The number of likely N-dealkylation sites (N-methyl/N-ethyl adjacent to an activating group) is 1. The highest BCUT2D eigenvalue weighted by atomic mass is 79.9. The van der Waals surface area contributed by atoms with Crippen LogP contribution in [0.4, 0.5) is 0 Å². The zero-order valence-corrected chi connectivity index (χ0v) is 12.6. The van der Waals surface area contributed by atoms with Crippen molar-refractivity contribution in [3.05, 3.63) is 0 Å². The van der Waals surface area contributed by atoms with Gasteiger partial charge in [-0.05, 0) is 32.2 Å². The summed E-state index contributed by atoms with van der Waals surface area (Å²) in [6.07, 6.45) is 0. The van der Waals surface area contributed by atoms with Gasteiger partial charge in [-0.2, -0.15) is 0 Å². The minimum atomic E-state index is -0.608. The zero-order valence-electron chi connectivity index (χ0n) is 11.0. The second-order valence-electron chi connectivity index (χ2n) is 6.23. The number of halogens is 1. The lowest BCUT2D eigenvalue weighted by Crippen LogP contribution is -2.41. The van der Waals surface area contributed by atoms with Gasteiger partial charge in [0.15, 0.2) is 0 Å². The smallest absolute Gasteiger partial charge is 0.0718 e. The topological polar surface area (TPSA) is 23.5 Å². The van der Waals surface area contributed by atoms with E-state index in [-0.39, 0.29) is 0 Å². The van der Waals surface area contributed by atoms with Crippen LogP contribution in [-0.2, 0) is 0 Å². The molecule has 0 saturated heterocycles. The molecule has 15 heavy (non-hydrogen) atoms. The van der Waals surface area contributed by atoms with Crippen LogP contribution in [0.15, 0.2) is 0 Å². The summed E-state index contributed by atoms with van der Waals surface area (Å²) in [4.78, 5) is 2.21. The van der Waals surface area contributed by atoms with Gasteiger partial charge in [0, 0.05) is 18.4 Å². The molecule has 0 aliphatic carbocycles. The Labute approximate surface area is 103 Å². The molecule has 0 radical (unpaired) electrons. The number of hydrogen-bond acceptors (Lipinski definition) is 2. The van der Waals surface area contributed by atoms with Gasteiger partial charge in [0.25, 0.3) is 0 Å². The molecule has 0 bridgehead atoms. The van der Waals surface area contributed by atoms with Crippen LogP contribution in [0.3, 0.4) is 0 Å². The van der Waals surface area contributed by atoms with Crippen LogP contribution in [0.2, 0.25) is 0 Å². The lowest BCUT2D eigenvalue weighted by atomic mass is 9.81. The molecule has 92 valence electrons. The predicted molar refractivity (Wildman–Crippen MR) is 70.5 cm³/mol. The molecular weight excluding hydrogens is 254 g/mol. The molecule has 0 amide bonds. The fourth-order valence-corrected chi connectivity index (χ4v) is 2.83. The number of aliphatic hydroxyl groups is 1. The Hall–Kier alpha value is 0.400. The van der Waals surface area contributed by atoms with E-state index in [9.17, 15) is 5.11 Å². The van der Waals surface area contributed by atoms with E-state index in [4.69, 9.17) is 0 Å². The quantitative estimate of drug-likeness (QED) is 0.783.